The lowest BCUT2D eigenvalue weighted by Crippen LogP contribution is -2.28. The van der Waals surface area contributed by atoms with Gasteiger partial charge in [0.15, 0.2) is 0 Å². The number of nitrogen functional groups attached to an aromatic ring is 1. The minimum Gasteiger partial charge on any atom is -0.398 e. The molecule has 1 fully saturated rings. The first-order chi connectivity index (χ1) is 8.16. The van der Waals surface area contributed by atoms with Gasteiger partial charge >= 0.3 is 0 Å². The summed E-state index contributed by atoms with van der Waals surface area (Å²) in [7, 11) is 0. The number of rotatable bonds is 4. The average molecular weight is 235 g/mol. The van der Waals surface area contributed by atoms with Crippen LogP contribution in [0.25, 0.3) is 0 Å². The van der Waals surface area contributed by atoms with Gasteiger partial charge in [-0.15, -0.1) is 0 Å². The molecule has 92 valence electrons. The van der Waals surface area contributed by atoms with E-state index < -0.39 is 0 Å². The van der Waals surface area contributed by atoms with E-state index in [2.05, 4.69) is 0 Å². The molecule has 0 aliphatic carbocycles. The highest BCUT2D eigenvalue weighted by molar-refractivity contribution is 5.77. The largest absolute Gasteiger partial charge is 0.398 e. The van der Waals surface area contributed by atoms with Gasteiger partial charge in [-0.3, -0.25) is 9.59 Å². The molecule has 1 amide bonds. The number of hydrogen-bond donors (Lipinski definition) is 1. The highest BCUT2D eigenvalue weighted by atomic mass is 16.2. The maximum Gasteiger partial charge on any atom is 0.250 e. The minimum atomic E-state index is -0.0491. The fourth-order valence-electron chi connectivity index (χ4n) is 2.10. The zero-order valence-electron chi connectivity index (χ0n) is 9.76. The maximum atomic E-state index is 11.5. The van der Waals surface area contributed by atoms with Crippen molar-refractivity contribution in [3.8, 4) is 0 Å². The summed E-state index contributed by atoms with van der Waals surface area (Å²) in [5.41, 5.74) is 6.16. The summed E-state index contributed by atoms with van der Waals surface area (Å²) in [6, 6.07) is 3.07. The van der Waals surface area contributed by atoms with E-state index in [0.29, 0.717) is 18.7 Å². The van der Waals surface area contributed by atoms with Gasteiger partial charge in [-0.25, -0.2) is 0 Å². The standard InChI is InChI=1S/C12H17N3O2/c13-10-4-5-12(17)15(9-10)8-2-7-14-6-1-3-11(14)16/h4-5,9H,1-3,6-8,13H2. The molecule has 2 N–H and O–H groups in total. The van der Waals surface area contributed by atoms with Crippen molar-refractivity contribution in [3.05, 3.63) is 28.7 Å². The summed E-state index contributed by atoms with van der Waals surface area (Å²) >= 11 is 0. The van der Waals surface area contributed by atoms with Crippen molar-refractivity contribution >= 4 is 11.6 Å². The van der Waals surface area contributed by atoms with Gasteiger partial charge in [-0.2, -0.15) is 0 Å². The molecule has 0 radical (unpaired) electrons. The number of nitrogens with two attached hydrogens (primary N) is 1. The van der Waals surface area contributed by atoms with E-state index in [1.54, 1.807) is 16.8 Å². The molecule has 0 aromatic carbocycles. The quantitative estimate of drug-likeness (QED) is 0.823. The first kappa shape index (κ1) is 11.7. The Morgan fingerprint density at radius 1 is 1.24 bits per heavy atom. The predicted molar refractivity (Wildman–Crippen MR) is 65.5 cm³/mol. The molecule has 0 spiro atoms. The van der Waals surface area contributed by atoms with Crippen LogP contribution in [0, 0.1) is 0 Å². The van der Waals surface area contributed by atoms with Crippen LogP contribution in [-0.2, 0) is 11.3 Å². The van der Waals surface area contributed by atoms with E-state index in [1.165, 1.54) is 6.07 Å². The summed E-state index contributed by atoms with van der Waals surface area (Å²) in [6.07, 6.45) is 4.05. The summed E-state index contributed by atoms with van der Waals surface area (Å²) in [5, 5.41) is 0. The van der Waals surface area contributed by atoms with Crippen molar-refractivity contribution in [1.82, 2.24) is 9.47 Å². The number of nitrogens with zero attached hydrogens (tertiary/aromatic N) is 2. The number of anilines is 1. The van der Waals surface area contributed by atoms with Crippen LogP contribution in [0.15, 0.2) is 23.1 Å². The van der Waals surface area contributed by atoms with E-state index >= 15 is 0 Å². The second-order valence-electron chi connectivity index (χ2n) is 4.33. The molecule has 1 aromatic heterocycles. The maximum absolute atomic E-state index is 11.5. The Bertz CT molecular complexity index is 467. The van der Waals surface area contributed by atoms with Crippen molar-refractivity contribution in [1.29, 1.82) is 0 Å². The summed E-state index contributed by atoms with van der Waals surface area (Å²) in [6.45, 7) is 2.18. The van der Waals surface area contributed by atoms with Gasteiger partial charge in [0.1, 0.15) is 0 Å². The van der Waals surface area contributed by atoms with Crippen LogP contribution < -0.4 is 11.3 Å². The van der Waals surface area contributed by atoms with Crippen molar-refractivity contribution in [2.75, 3.05) is 18.8 Å². The Balaban J connectivity index is 1.87. The molecular weight excluding hydrogens is 218 g/mol. The lowest BCUT2D eigenvalue weighted by atomic mass is 10.3. The number of carbonyl (C=O) groups excluding carboxylic acids is 1. The monoisotopic (exact) mass is 235 g/mol. The van der Waals surface area contributed by atoms with Gasteiger partial charge in [0.2, 0.25) is 5.91 Å². The Hall–Kier alpha value is -1.78. The number of hydrogen-bond acceptors (Lipinski definition) is 3. The molecule has 1 aliphatic rings. The first-order valence-electron chi connectivity index (χ1n) is 5.90. The molecule has 17 heavy (non-hydrogen) atoms. The lowest BCUT2D eigenvalue weighted by molar-refractivity contribution is -0.127. The van der Waals surface area contributed by atoms with Crippen LogP contribution in [0.2, 0.25) is 0 Å². The molecule has 5 nitrogen and oxygen atoms in total. The van der Waals surface area contributed by atoms with Crippen LogP contribution in [0.5, 0.6) is 0 Å². The molecule has 1 aliphatic heterocycles. The zero-order chi connectivity index (χ0) is 12.3. The number of aromatic nitrogens is 1. The normalized spacial score (nSPS) is 15.5. The molecular formula is C12H17N3O2. The fraction of sp³-hybridized carbons (Fsp3) is 0.500. The molecule has 0 bridgehead atoms. The first-order valence-corrected chi connectivity index (χ1v) is 5.90. The number of pyridine rings is 1. The highest BCUT2D eigenvalue weighted by Crippen LogP contribution is 2.09. The van der Waals surface area contributed by atoms with E-state index in [4.69, 9.17) is 5.73 Å². The van der Waals surface area contributed by atoms with Crippen molar-refractivity contribution < 1.29 is 4.79 Å². The third-order valence-corrected chi connectivity index (χ3v) is 3.00. The van der Waals surface area contributed by atoms with E-state index in [1.807, 2.05) is 4.90 Å². The van der Waals surface area contributed by atoms with Gasteiger partial charge in [0, 0.05) is 44.0 Å². The van der Waals surface area contributed by atoms with E-state index in [-0.39, 0.29) is 11.5 Å². The third kappa shape index (κ3) is 2.87. The Morgan fingerprint density at radius 2 is 2.06 bits per heavy atom. The number of amides is 1. The molecule has 2 heterocycles. The second-order valence-corrected chi connectivity index (χ2v) is 4.33. The van der Waals surface area contributed by atoms with Crippen LogP contribution in [0.4, 0.5) is 5.69 Å². The topological polar surface area (TPSA) is 68.3 Å². The fourth-order valence-corrected chi connectivity index (χ4v) is 2.10. The van der Waals surface area contributed by atoms with Crippen molar-refractivity contribution in [2.45, 2.75) is 25.8 Å². The number of likely N-dealkylation sites (tertiary alicyclic amines) is 1. The molecule has 2 rings (SSSR count). The van der Waals surface area contributed by atoms with Gasteiger partial charge in [0.25, 0.3) is 5.56 Å². The van der Waals surface area contributed by atoms with E-state index in [9.17, 15) is 9.59 Å². The molecule has 1 aromatic rings. The van der Waals surface area contributed by atoms with Crippen LogP contribution in [0.3, 0.4) is 0 Å². The lowest BCUT2D eigenvalue weighted by Gasteiger charge is -2.15. The highest BCUT2D eigenvalue weighted by Gasteiger charge is 2.18. The molecule has 0 unspecified atom stereocenters. The van der Waals surface area contributed by atoms with Gasteiger partial charge in [-0.05, 0) is 18.9 Å². The van der Waals surface area contributed by atoms with E-state index in [0.717, 1.165) is 25.9 Å². The smallest absolute Gasteiger partial charge is 0.250 e. The SMILES string of the molecule is Nc1ccc(=O)n(CCCN2CCCC2=O)c1. The third-order valence-electron chi connectivity index (χ3n) is 3.00. The Kier molecular flexibility index (Phi) is 3.46. The van der Waals surface area contributed by atoms with Gasteiger partial charge in [-0.1, -0.05) is 0 Å². The zero-order valence-corrected chi connectivity index (χ0v) is 9.76. The van der Waals surface area contributed by atoms with Gasteiger partial charge < -0.3 is 15.2 Å². The van der Waals surface area contributed by atoms with Gasteiger partial charge in [0.05, 0.1) is 0 Å². The summed E-state index contributed by atoms with van der Waals surface area (Å²) in [5.74, 6) is 0.227. The molecule has 5 heteroatoms. The van der Waals surface area contributed by atoms with Crippen LogP contribution in [0.1, 0.15) is 19.3 Å². The number of aryl methyl sites for hydroxylation is 1. The molecule has 0 saturated carbocycles. The van der Waals surface area contributed by atoms with Crippen LogP contribution >= 0.6 is 0 Å². The predicted octanol–water partition coefficient (Wildman–Crippen LogP) is 0.443. The Morgan fingerprint density at radius 3 is 2.76 bits per heavy atom. The molecule has 1 saturated heterocycles. The molecule has 0 atom stereocenters. The summed E-state index contributed by atoms with van der Waals surface area (Å²) < 4.78 is 1.59. The van der Waals surface area contributed by atoms with Crippen LogP contribution in [-0.4, -0.2) is 28.5 Å². The number of carbonyl (C=O) groups is 1. The summed E-state index contributed by atoms with van der Waals surface area (Å²) in [4.78, 5) is 24.7. The minimum absolute atomic E-state index is 0.0491. The Labute approximate surface area is 99.8 Å². The average Bonchev–Trinajstić information content (AvgIpc) is 2.70. The van der Waals surface area contributed by atoms with Crippen molar-refractivity contribution in [3.63, 3.8) is 0 Å². The van der Waals surface area contributed by atoms with Crippen molar-refractivity contribution in [2.24, 2.45) is 0 Å². The second kappa shape index (κ2) is 5.03.